The zero-order valence-corrected chi connectivity index (χ0v) is 13.4. The second-order valence-electron chi connectivity index (χ2n) is 5.36. The van der Waals surface area contributed by atoms with E-state index in [4.69, 9.17) is 5.73 Å². The maximum atomic E-state index is 12.1. The fraction of sp³-hybridized carbons (Fsp3) is 0.538. The van der Waals surface area contributed by atoms with Gasteiger partial charge in [-0.25, -0.2) is 0 Å². The molecule has 1 amide bonds. The van der Waals surface area contributed by atoms with Gasteiger partial charge in [-0.2, -0.15) is 0 Å². The lowest BCUT2D eigenvalue weighted by Gasteiger charge is -2.29. The molecule has 1 rings (SSSR count). The Kier molecular flexibility index (Phi) is 9.00. The lowest BCUT2D eigenvalue weighted by atomic mass is 9.86. The van der Waals surface area contributed by atoms with Gasteiger partial charge in [0.25, 0.3) is 0 Å². The van der Waals surface area contributed by atoms with Crippen LogP contribution >= 0.6 is 24.8 Å². The van der Waals surface area contributed by atoms with E-state index in [1.807, 2.05) is 39.0 Å². The predicted molar refractivity (Wildman–Crippen MR) is 82.6 cm³/mol. The Morgan fingerprint density at radius 3 is 2.37 bits per heavy atom. The van der Waals surface area contributed by atoms with Crippen LogP contribution in [0, 0.1) is 5.41 Å². The summed E-state index contributed by atoms with van der Waals surface area (Å²) in [6.07, 6.45) is 1.72. The van der Waals surface area contributed by atoms with Crippen molar-refractivity contribution in [1.29, 1.82) is 0 Å². The molecule has 0 aliphatic carbocycles. The minimum atomic E-state index is -0.490. The van der Waals surface area contributed by atoms with Crippen LogP contribution in [0.15, 0.2) is 24.4 Å². The maximum Gasteiger partial charge on any atom is 0.240 e. The monoisotopic (exact) mass is 307 g/mol. The van der Waals surface area contributed by atoms with Gasteiger partial charge in [0, 0.05) is 13.2 Å². The van der Waals surface area contributed by atoms with Crippen molar-refractivity contribution in [2.75, 3.05) is 7.05 Å². The standard InChI is InChI=1S/C13H21N3O.2ClH/c1-13(2,3)11(14)12(17)16(4)9-10-7-5-6-8-15-10;;/h5-8,11H,9,14H2,1-4H3;2*1H/t11-;;/m1../s1. The molecule has 1 heterocycles. The first-order valence-corrected chi connectivity index (χ1v) is 5.73. The van der Waals surface area contributed by atoms with Crippen LogP contribution in [0.5, 0.6) is 0 Å². The van der Waals surface area contributed by atoms with Gasteiger partial charge in [-0.05, 0) is 17.5 Å². The molecule has 2 N–H and O–H groups in total. The highest BCUT2D eigenvalue weighted by atomic mass is 35.5. The Hall–Kier alpha value is -0.840. The average molecular weight is 308 g/mol. The molecule has 110 valence electrons. The van der Waals surface area contributed by atoms with Crippen LogP contribution in [0.4, 0.5) is 0 Å². The second-order valence-corrected chi connectivity index (χ2v) is 5.36. The maximum absolute atomic E-state index is 12.1. The number of carbonyl (C=O) groups excluding carboxylic acids is 1. The number of halogens is 2. The molecule has 6 heteroatoms. The van der Waals surface area contributed by atoms with E-state index in [2.05, 4.69) is 4.98 Å². The first-order valence-electron chi connectivity index (χ1n) is 5.73. The number of hydrogen-bond acceptors (Lipinski definition) is 3. The lowest BCUT2D eigenvalue weighted by molar-refractivity contribution is -0.134. The fourth-order valence-electron chi connectivity index (χ4n) is 1.42. The van der Waals surface area contributed by atoms with Gasteiger partial charge in [-0.15, -0.1) is 24.8 Å². The number of likely N-dealkylation sites (N-methyl/N-ethyl adjacent to an activating group) is 1. The largest absolute Gasteiger partial charge is 0.338 e. The number of rotatable bonds is 3. The molecule has 0 unspecified atom stereocenters. The summed E-state index contributed by atoms with van der Waals surface area (Å²) in [6, 6.07) is 5.17. The van der Waals surface area contributed by atoms with E-state index in [0.717, 1.165) is 5.69 Å². The summed E-state index contributed by atoms with van der Waals surface area (Å²) < 4.78 is 0. The molecule has 1 aromatic rings. The summed E-state index contributed by atoms with van der Waals surface area (Å²) in [5.74, 6) is -0.0526. The Morgan fingerprint density at radius 2 is 1.95 bits per heavy atom. The number of hydrogen-bond donors (Lipinski definition) is 1. The highest BCUT2D eigenvalue weighted by Crippen LogP contribution is 2.19. The molecule has 0 saturated carbocycles. The van der Waals surface area contributed by atoms with E-state index in [-0.39, 0.29) is 36.1 Å². The topological polar surface area (TPSA) is 59.2 Å². The third-order valence-electron chi connectivity index (χ3n) is 2.70. The fourth-order valence-corrected chi connectivity index (χ4v) is 1.42. The SMILES string of the molecule is CN(Cc1ccccn1)C(=O)[C@@H](N)C(C)(C)C.Cl.Cl. The second kappa shape index (κ2) is 8.35. The van der Waals surface area contributed by atoms with E-state index in [1.165, 1.54) is 0 Å². The Morgan fingerprint density at radius 1 is 1.37 bits per heavy atom. The Labute approximate surface area is 127 Å². The van der Waals surface area contributed by atoms with E-state index in [9.17, 15) is 4.79 Å². The average Bonchev–Trinajstić information content (AvgIpc) is 2.27. The van der Waals surface area contributed by atoms with Crippen LogP contribution < -0.4 is 5.73 Å². The highest BCUT2D eigenvalue weighted by molar-refractivity contribution is 5.85. The lowest BCUT2D eigenvalue weighted by Crippen LogP contribution is -2.48. The van der Waals surface area contributed by atoms with Gasteiger partial charge in [-0.3, -0.25) is 9.78 Å². The first kappa shape index (κ1) is 20.5. The molecule has 0 aliphatic rings. The summed E-state index contributed by atoms with van der Waals surface area (Å²) in [5, 5.41) is 0. The summed E-state index contributed by atoms with van der Waals surface area (Å²) in [5.41, 5.74) is 6.58. The van der Waals surface area contributed by atoms with Crippen molar-refractivity contribution in [1.82, 2.24) is 9.88 Å². The minimum Gasteiger partial charge on any atom is -0.338 e. The summed E-state index contributed by atoms with van der Waals surface area (Å²) in [4.78, 5) is 17.9. The number of nitrogens with two attached hydrogens (primary N) is 1. The number of nitrogens with zero attached hydrogens (tertiary/aromatic N) is 2. The molecular formula is C13H23Cl2N3O. The zero-order valence-electron chi connectivity index (χ0n) is 11.8. The van der Waals surface area contributed by atoms with Gasteiger partial charge in [0.05, 0.1) is 18.3 Å². The molecule has 0 fully saturated rings. The normalized spacial score (nSPS) is 11.8. The van der Waals surface area contributed by atoms with Crippen molar-refractivity contribution >= 4 is 30.7 Å². The third-order valence-corrected chi connectivity index (χ3v) is 2.70. The van der Waals surface area contributed by atoms with Crippen LogP contribution in [0.1, 0.15) is 26.5 Å². The van der Waals surface area contributed by atoms with Crippen molar-refractivity contribution in [2.45, 2.75) is 33.4 Å². The third kappa shape index (κ3) is 6.23. The smallest absolute Gasteiger partial charge is 0.240 e. The predicted octanol–water partition coefficient (Wildman–Crippen LogP) is 2.26. The highest BCUT2D eigenvalue weighted by Gasteiger charge is 2.29. The molecule has 1 atom stereocenters. The molecule has 4 nitrogen and oxygen atoms in total. The van der Waals surface area contributed by atoms with Crippen molar-refractivity contribution in [3.8, 4) is 0 Å². The van der Waals surface area contributed by atoms with Gasteiger partial charge in [-0.1, -0.05) is 26.8 Å². The molecule has 0 radical (unpaired) electrons. The van der Waals surface area contributed by atoms with Crippen LogP contribution in [0.2, 0.25) is 0 Å². The van der Waals surface area contributed by atoms with Crippen molar-refractivity contribution in [2.24, 2.45) is 11.1 Å². The molecular weight excluding hydrogens is 285 g/mol. The molecule has 0 bridgehead atoms. The Bertz CT molecular complexity index is 379. The van der Waals surface area contributed by atoms with E-state index in [0.29, 0.717) is 6.54 Å². The number of carbonyl (C=O) groups is 1. The van der Waals surface area contributed by atoms with Crippen molar-refractivity contribution in [3.05, 3.63) is 30.1 Å². The van der Waals surface area contributed by atoms with Gasteiger partial charge >= 0.3 is 0 Å². The van der Waals surface area contributed by atoms with E-state index in [1.54, 1.807) is 18.1 Å². The molecule has 19 heavy (non-hydrogen) atoms. The van der Waals surface area contributed by atoms with Crippen LogP contribution in [-0.2, 0) is 11.3 Å². The summed E-state index contributed by atoms with van der Waals surface area (Å²) in [6.45, 7) is 6.38. The number of aromatic nitrogens is 1. The molecule has 0 aromatic carbocycles. The van der Waals surface area contributed by atoms with Crippen molar-refractivity contribution < 1.29 is 4.79 Å². The molecule has 0 saturated heterocycles. The van der Waals surface area contributed by atoms with E-state index >= 15 is 0 Å². The summed E-state index contributed by atoms with van der Waals surface area (Å²) >= 11 is 0. The van der Waals surface area contributed by atoms with Gasteiger partial charge in [0.1, 0.15) is 0 Å². The Balaban J connectivity index is 0. The molecule has 1 aromatic heterocycles. The quantitative estimate of drug-likeness (QED) is 0.932. The molecule has 0 spiro atoms. The number of pyridine rings is 1. The van der Waals surface area contributed by atoms with Gasteiger partial charge < -0.3 is 10.6 Å². The number of amides is 1. The van der Waals surface area contributed by atoms with E-state index < -0.39 is 6.04 Å². The molecule has 0 aliphatic heterocycles. The van der Waals surface area contributed by atoms with Crippen LogP contribution in [0.25, 0.3) is 0 Å². The van der Waals surface area contributed by atoms with Crippen LogP contribution in [0.3, 0.4) is 0 Å². The van der Waals surface area contributed by atoms with Gasteiger partial charge in [0.15, 0.2) is 0 Å². The van der Waals surface area contributed by atoms with Gasteiger partial charge in [0.2, 0.25) is 5.91 Å². The zero-order chi connectivity index (χ0) is 13.1. The first-order chi connectivity index (χ1) is 7.82. The van der Waals surface area contributed by atoms with Crippen LogP contribution in [-0.4, -0.2) is 28.9 Å². The van der Waals surface area contributed by atoms with Crippen molar-refractivity contribution in [3.63, 3.8) is 0 Å². The summed E-state index contributed by atoms with van der Waals surface area (Å²) in [7, 11) is 1.75. The minimum absolute atomic E-state index is 0.